The van der Waals surface area contributed by atoms with E-state index in [0.717, 1.165) is 24.2 Å². The van der Waals surface area contributed by atoms with Gasteiger partial charge in [0.25, 0.3) is 5.91 Å². The molecule has 144 valence electrons. The summed E-state index contributed by atoms with van der Waals surface area (Å²) in [7, 11) is 0. The summed E-state index contributed by atoms with van der Waals surface area (Å²) in [5.41, 5.74) is 2.29. The number of hydrogen-bond acceptors (Lipinski definition) is 4. The summed E-state index contributed by atoms with van der Waals surface area (Å²) in [5, 5.41) is 5.07. The molecule has 1 aromatic carbocycles. The van der Waals surface area contributed by atoms with Crippen molar-refractivity contribution in [1.82, 2.24) is 14.7 Å². The van der Waals surface area contributed by atoms with Crippen LogP contribution in [-0.2, 0) is 16.0 Å². The van der Waals surface area contributed by atoms with Crippen LogP contribution in [0.1, 0.15) is 42.7 Å². The summed E-state index contributed by atoms with van der Waals surface area (Å²) in [6.07, 6.45) is 3.83. The third kappa shape index (κ3) is 4.16. The van der Waals surface area contributed by atoms with E-state index in [9.17, 15) is 9.59 Å². The topological polar surface area (TPSA) is 64.4 Å². The van der Waals surface area contributed by atoms with Gasteiger partial charge in [0.05, 0.1) is 35.7 Å². The van der Waals surface area contributed by atoms with E-state index in [1.54, 1.807) is 34.8 Å². The number of likely N-dealkylation sites (tertiary alicyclic amines) is 1. The Bertz CT molecular complexity index is 816. The van der Waals surface area contributed by atoms with E-state index in [2.05, 4.69) is 5.10 Å². The largest absolute Gasteiger partial charge is 0.466 e. The Labute approximate surface area is 164 Å². The second-order valence-electron chi connectivity index (χ2n) is 6.59. The fraction of sp³-hybridized carbons (Fsp3) is 0.450. The standard InChI is InChI=1S/C20H24ClN3O3/c1-3-18-17(12-22-24(18)16-9-7-15(21)8-10-16)19(25)23-11-5-6-14(13-23)20(26)27-4-2/h7-10,12,14H,3-6,11,13H2,1-2H3/t14-/m0/s1. The van der Waals surface area contributed by atoms with Crippen LogP contribution >= 0.6 is 11.6 Å². The molecule has 2 heterocycles. The lowest BCUT2D eigenvalue weighted by Crippen LogP contribution is -2.43. The maximum atomic E-state index is 13.1. The highest BCUT2D eigenvalue weighted by Crippen LogP contribution is 2.23. The molecular formula is C20H24ClN3O3. The van der Waals surface area contributed by atoms with Crippen LogP contribution in [0, 0.1) is 5.92 Å². The molecule has 1 aliphatic rings. The molecule has 0 spiro atoms. The van der Waals surface area contributed by atoms with Crippen LogP contribution < -0.4 is 0 Å². The normalized spacial score (nSPS) is 17.0. The van der Waals surface area contributed by atoms with Gasteiger partial charge in [-0.1, -0.05) is 18.5 Å². The average molecular weight is 390 g/mol. The van der Waals surface area contributed by atoms with Crippen LogP contribution in [0.2, 0.25) is 5.02 Å². The van der Waals surface area contributed by atoms with Gasteiger partial charge in [0, 0.05) is 18.1 Å². The van der Waals surface area contributed by atoms with E-state index in [1.807, 2.05) is 19.1 Å². The maximum absolute atomic E-state index is 13.1. The number of benzene rings is 1. The quantitative estimate of drug-likeness (QED) is 0.734. The molecule has 7 heteroatoms. The molecule has 0 aliphatic carbocycles. The molecule has 6 nitrogen and oxygen atoms in total. The van der Waals surface area contributed by atoms with E-state index in [4.69, 9.17) is 16.3 Å². The van der Waals surface area contributed by atoms with Crippen molar-refractivity contribution in [3.05, 3.63) is 46.7 Å². The highest BCUT2D eigenvalue weighted by Gasteiger charge is 2.31. The van der Waals surface area contributed by atoms with Crippen LogP contribution in [0.5, 0.6) is 0 Å². The third-order valence-electron chi connectivity index (χ3n) is 4.83. The van der Waals surface area contributed by atoms with Gasteiger partial charge in [-0.2, -0.15) is 5.10 Å². The Morgan fingerprint density at radius 2 is 2.00 bits per heavy atom. The summed E-state index contributed by atoms with van der Waals surface area (Å²) in [5.74, 6) is -0.553. The van der Waals surface area contributed by atoms with Crippen molar-refractivity contribution in [1.29, 1.82) is 0 Å². The van der Waals surface area contributed by atoms with Crippen molar-refractivity contribution in [3.63, 3.8) is 0 Å². The number of rotatable bonds is 5. The van der Waals surface area contributed by atoms with Crippen LogP contribution in [0.25, 0.3) is 5.69 Å². The van der Waals surface area contributed by atoms with Gasteiger partial charge in [-0.3, -0.25) is 9.59 Å². The first kappa shape index (κ1) is 19.4. The molecule has 3 rings (SSSR count). The molecule has 27 heavy (non-hydrogen) atoms. The van der Waals surface area contributed by atoms with Gasteiger partial charge < -0.3 is 9.64 Å². The Balaban J connectivity index is 1.82. The molecule has 2 aromatic rings. The molecule has 1 fully saturated rings. The summed E-state index contributed by atoms with van der Waals surface area (Å²) in [6, 6.07) is 7.35. The van der Waals surface area contributed by atoms with Crippen molar-refractivity contribution in [2.75, 3.05) is 19.7 Å². The predicted molar refractivity (Wildman–Crippen MR) is 103 cm³/mol. The molecule has 1 saturated heterocycles. The van der Waals surface area contributed by atoms with E-state index >= 15 is 0 Å². The van der Waals surface area contributed by atoms with Gasteiger partial charge in [-0.05, 0) is 50.5 Å². The van der Waals surface area contributed by atoms with E-state index < -0.39 is 0 Å². The first-order valence-corrected chi connectivity index (χ1v) is 9.71. The minimum absolute atomic E-state index is 0.0824. The van der Waals surface area contributed by atoms with Crippen molar-refractivity contribution in [3.8, 4) is 5.69 Å². The molecule has 0 N–H and O–H groups in total. The van der Waals surface area contributed by atoms with E-state index in [0.29, 0.717) is 36.7 Å². The van der Waals surface area contributed by atoms with Crippen molar-refractivity contribution >= 4 is 23.5 Å². The average Bonchev–Trinajstić information content (AvgIpc) is 3.12. The molecule has 0 bridgehead atoms. The number of nitrogens with zero attached hydrogens (tertiary/aromatic N) is 3. The summed E-state index contributed by atoms with van der Waals surface area (Å²) in [4.78, 5) is 26.9. The maximum Gasteiger partial charge on any atom is 0.310 e. The number of halogens is 1. The lowest BCUT2D eigenvalue weighted by Gasteiger charge is -2.31. The van der Waals surface area contributed by atoms with Crippen LogP contribution in [0.4, 0.5) is 0 Å². The van der Waals surface area contributed by atoms with Gasteiger partial charge in [0.2, 0.25) is 0 Å². The molecule has 0 unspecified atom stereocenters. The Hall–Kier alpha value is -2.34. The zero-order valence-corrected chi connectivity index (χ0v) is 16.4. The second-order valence-corrected chi connectivity index (χ2v) is 7.03. The Kier molecular flexibility index (Phi) is 6.16. The lowest BCUT2D eigenvalue weighted by atomic mass is 9.97. The number of hydrogen-bond donors (Lipinski definition) is 0. The first-order chi connectivity index (χ1) is 13.0. The van der Waals surface area contributed by atoms with Crippen LogP contribution in [0.3, 0.4) is 0 Å². The van der Waals surface area contributed by atoms with Crippen molar-refractivity contribution in [2.24, 2.45) is 5.92 Å². The number of ether oxygens (including phenoxy) is 1. The van der Waals surface area contributed by atoms with Crippen molar-refractivity contribution in [2.45, 2.75) is 33.1 Å². The second kappa shape index (κ2) is 8.57. The predicted octanol–water partition coefficient (Wildman–Crippen LogP) is 3.50. The number of amides is 1. The minimum Gasteiger partial charge on any atom is -0.466 e. The SMILES string of the molecule is CCOC(=O)[C@H]1CCCN(C(=O)c2cnn(-c3ccc(Cl)cc3)c2CC)C1. The van der Waals surface area contributed by atoms with Gasteiger partial charge in [0.15, 0.2) is 0 Å². The fourth-order valence-electron chi connectivity index (χ4n) is 3.48. The zero-order valence-electron chi connectivity index (χ0n) is 15.7. The van der Waals surface area contributed by atoms with E-state index in [-0.39, 0.29) is 17.8 Å². The van der Waals surface area contributed by atoms with Gasteiger partial charge in [-0.25, -0.2) is 4.68 Å². The number of carbonyl (C=O) groups is 2. The molecule has 0 radical (unpaired) electrons. The summed E-state index contributed by atoms with van der Waals surface area (Å²) in [6.45, 7) is 5.19. The number of carbonyl (C=O) groups excluding carboxylic acids is 2. The molecule has 1 atom stereocenters. The Morgan fingerprint density at radius 1 is 1.26 bits per heavy atom. The van der Waals surface area contributed by atoms with Crippen LogP contribution in [-0.4, -0.2) is 46.3 Å². The zero-order chi connectivity index (χ0) is 19.4. The first-order valence-electron chi connectivity index (χ1n) is 9.33. The third-order valence-corrected chi connectivity index (χ3v) is 5.09. The van der Waals surface area contributed by atoms with Gasteiger partial charge in [-0.15, -0.1) is 0 Å². The Morgan fingerprint density at radius 3 is 2.67 bits per heavy atom. The minimum atomic E-state index is -0.251. The highest BCUT2D eigenvalue weighted by molar-refractivity contribution is 6.30. The monoisotopic (exact) mass is 389 g/mol. The highest BCUT2D eigenvalue weighted by atomic mass is 35.5. The number of aromatic nitrogens is 2. The number of esters is 1. The molecule has 1 aliphatic heterocycles. The summed E-state index contributed by atoms with van der Waals surface area (Å²) >= 11 is 5.96. The van der Waals surface area contributed by atoms with Gasteiger partial charge in [0.1, 0.15) is 0 Å². The smallest absolute Gasteiger partial charge is 0.310 e. The molecular weight excluding hydrogens is 366 g/mol. The number of piperidine rings is 1. The molecule has 1 amide bonds. The van der Waals surface area contributed by atoms with Crippen molar-refractivity contribution < 1.29 is 14.3 Å². The fourth-order valence-corrected chi connectivity index (χ4v) is 3.61. The summed E-state index contributed by atoms with van der Waals surface area (Å²) < 4.78 is 6.90. The van der Waals surface area contributed by atoms with E-state index in [1.165, 1.54) is 0 Å². The van der Waals surface area contributed by atoms with Gasteiger partial charge >= 0.3 is 5.97 Å². The van der Waals surface area contributed by atoms with Crippen LogP contribution in [0.15, 0.2) is 30.5 Å². The lowest BCUT2D eigenvalue weighted by molar-refractivity contribution is -0.149. The molecule has 1 aromatic heterocycles. The molecule has 0 saturated carbocycles.